The van der Waals surface area contributed by atoms with Crippen LogP contribution < -0.4 is 4.72 Å². The average Bonchev–Trinajstić information content (AvgIpc) is 2.37. The lowest BCUT2D eigenvalue weighted by atomic mass is 9.88. The van der Waals surface area contributed by atoms with Crippen molar-refractivity contribution in [3.63, 3.8) is 0 Å². The minimum Gasteiger partial charge on any atom is -0.393 e. The number of sulfonamides is 1. The molecule has 5 heteroatoms. The molecule has 0 spiro atoms. The molecule has 1 fully saturated rings. The van der Waals surface area contributed by atoms with Crippen LogP contribution in [-0.4, -0.2) is 26.2 Å². The summed E-state index contributed by atoms with van der Waals surface area (Å²) in [6.07, 6.45) is 3.11. The van der Waals surface area contributed by atoms with Crippen LogP contribution in [0.4, 0.5) is 0 Å². The van der Waals surface area contributed by atoms with Crippen LogP contribution in [0.25, 0.3) is 0 Å². The molecule has 2 rings (SSSR count). The molecule has 4 nitrogen and oxygen atoms in total. The number of aryl methyl sites for hydroxylation is 2. The fourth-order valence-corrected chi connectivity index (χ4v) is 4.10. The Bertz CT molecular complexity index is 560. The van der Waals surface area contributed by atoms with Gasteiger partial charge in [-0.1, -0.05) is 17.7 Å². The first kappa shape index (κ1) is 15.5. The van der Waals surface area contributed by atoms with Crippen molar-refractivity contribution in [1.82, 2.24) is 4.72 Å². The number of aliphatic hydroxyl groups excluding tert-OH is 1. The Labute approximate surface area is 121 Å². The zero-order valence-electron chi connectivity index (χ0n) is 12.1. The van der Waals surface area contributed by atoms with Gasteiger partial charge in [0.15, 0.2) is 0 Å². The van der Waals surface area contributed by atoms with E-state index in [-0.39, 0.29) is 6.10 Å². The van der Waals surface area contributed by atoms with Gasteiger partial charge in [-0.3, -0.25) is 0 Å². The highest BCUT2D eigenvalue weighted by molar-refractivity contribution is 7.89. The fraction of sp³-hybridized carbons (Fsp3) is 0.600. The molecule has 112 valence electrons. The Morgan fingerprint density at radius 2 is 1.85 bits per heavy atom. The van der Waals surface area contributed by atoms with E-state index in [4.69, 9.17) is 0 Å². The van der Waals surface area contributed by atoms with Gasteiger partial charge in [0.2, 0.25) is 10.0 Å². The first-order valence-corrected chi connectivity index (χ1v) is 8.62. The average molecular weight is 297 g/mol. The predicted octanol–water partition coefficient (Wildman–Crippen LogP) is 2.13. The lowest BCUT2D eigenvalue weighted by Crippen LogP contribution is -2.32. The van der Waals surface area contributed by atoms with Crippen molar-refractivity contribution in [3.8, 4) is 0 Å². The van der Waals surface area contributed by atoms with Crippen molar-refractivity contribution in [3.05, 3.63) is 29.3 Å². The lowest BCUT2D eigenvalue weighted by Gasteiger charge is -2.25. The molecule has 20 heavy (non-hydrogen) atoms. The summed E-state index contributed by atoms with van der Waals surface area (Å²) in [5, 5.41) is 9.46. The molecule has 1 aliphatic carbocycles. The van der Waals surface area contributed by atoms with Crippen LogP contribution in [0, 0.1) is 19.8 Å². The minimum absolute atomic E-state index is 0.206. The molecule has 0 heterocycles. The molecule has 0 saturated heterocycles. The van der Waals surface area contributed by atoms with Crippen molar-refractivity contribution in [2.24, 2.45) is 5.92 Å². The molecule has 1 aromatic rings. The summed E-state index contributed by atoms with van der Waals surface area (Å²) in [6, 6.07) is 5.36. The molecule has 0 bridgehead atoms. The van der Waals surface area contributed by atoms with E-state index in [1.807, 2.05) is 26.0 Å². The standard InChI is InChI=1S/C15H23NO3S/c1-11-3-8-15(12(2)9-11)20(18,19)16-10-13-4-6-14(17)7-5-13/h3,8-9,13-14,16-17H,4-7,10H2,1-2H3. The van der Waals surface area contributed by atoms with Crippen molar-refractivity contribution in [1.29, 1.82) is 0 Å². The Hall–Kier alpha value is -0.910. The number of nitrogens with one attached hydrogen (secondary N) is 1. The zero-order chi connectivity index (χ0) is 14.8. The molecule has 0 unspecified atom stereocenters. The Kier molecular flexibility index (Phi) is 4.83. The summed E-state index contributed by atoms with van der Waals surface area (Å²) in [4.78, 5) is 0.360. The van der Waals surface area contributed by atoms with E-state index >= 15 is 0 Å². The van der Waals surface area contributed by atoms with Gasteiger partial charge in [0.1, 0.15) is 0 Å². The number of benzene rings is 1. The monoisotopic (exact) mass is 297 g/mol. The second-order valence-electron chi connectivity index (χ2n) is 5.80. The molecule has 1 aliphatic rings. The van der Waals surface area contributed by atoms with E-state index in [2.05, 4.69) is 4.72 Å². The Balaban J connectivity index is 2.00. The van der Waals surface area contributed by atoms with Gasteiger partial charge in [-0.25, -0.2) is 13.1 Å². The second kappa shape index (κ2) is 6.24. The van der Waals surface area contributed by atoms with Crippen molar-refractivity contribution in [2.75, 3.05) is 6.54 Å². The van der Waals surface area contributed by atoms with Gasteiger partial charge in [0, 0.05) is 6.54 Å². The highest BCUT2D eigenvalue weighted by Crippen LogP contribution is 2.24. The van der Waals surface area contributed by atoms with Crippen molar-refractivity contribution in [2.45, 2.75) is 50.5 Å². The Morgan fingerprint density at radius 3 is 2.45 bits per heavy atom. The summed E-state index contributed by atoms with van der Waals surface area (Å²) in [5.74, 6) is 0.332. The second-order valence-corrected chi connectivity index (χ2v) is 7.53. The van der Waals surface area contributed by atoms with Crippen LogP contribution in [0.5, 0.6) is 0 Å². The smallest absolute Gasteiger partial charge is 0.240 e. The molecular weight excluding hydrogens is 274 g/mol. The van der Waals surface area contributed by atoms with Gasteiger partial charge in [-0.2, -0.15) is 0 Å². The molecule has 0 radical (unpaired) electrons. The normalized spacial score (nSPS) is 23.8. The maximum absolute atomic E-state index is 12.3. The zero-order valence-corrected chi connectivity index (χ0v) is 12.9. The molecule has 0 aliphatic heterocycles. The summed E-state index contributed by atoms with van der Waals surface area (Å²) < 4.78 is 27.3. The van der Waals surface area contributed by atoms with E-state index < -0.39 is 10.0 Å². The number of rotatable bonds is 4. The topological polar surface area (TPSA) is 66.4 Å². The van der Waals surface area contributed by atoms with Crippen LogP contribution in [-0.2, 0) is 10.0 Å². The van der Waals surface area contributed by atoms with Gasteiger partial charge in [-0.05, 0) is 57.1 Å². The number of hydrogen-bond acceptors (Lipinski definition) is 3. The van der Waals surface area contributed by atoms with Gasteiger partial charge in [0.25, 0.3) is 0 Å². The third kappa shape index (κ3) is 3.81. The van der Waals surface area contributed by atoms with E-state index in [9.17, 15) is 13.5 Å². The summed E-state index contributed by atoms with van der Waals surface area (Å²) in [7, 11) is -3.43. The first-order valence-electron chi connectivity index (χ1n) is 7.13. The molecule has 0 atom stereocenters. The molecule has 2 N–H and O–H groups in total. The molecule has 1 saturated carbocycles. The summed E-state index contributed by atoms with van der Waals surface area (Å²) in [6.45, 7) is 4.23. The third-order valence-electron chi connectivity index (χ3n) is 4.00. The molecule has 1 aromatic carbocycles. The van der Waals surface area contributed by atoms with Crippen LogP contribution in [0.1, 0.15) is 36.8 Å². The van der Waals surface area contributed by atoms with Gasteiger partial charge < -0.3 is 5.11 Å². The number of aliphatic hydroxyl groups is 1. The third-order valence-corrected chi connectivity index (χ3v) is 5.58. The van der Waals surface area contributed by atoms with Crippen molar-refractivity contribution < 1.29 is 13.5 Å². The SMILES string of the molecule is Cc1ccc(S(=O)(=O)NCC2CCC(O)CC2)c(C)c1. The van der Waals surface area contributed by atoms with E-state index in [0.29, 0.717) is 17.4 Å². The maximum atomic E-state index is 12.3. The first-order chi connectivity index (χ1) is 9.38. The quantitative estimate of drug-likeness (QED) is 0.894. The van der Waals surface area contributed by atoms with Crippen LogP contribution in [0.3, 0.4) is 0 Å². The summed E-state index contributed by atoms with van der Waals surface area (Å²) >= 11 is 0. The van der Waals surface area contributed by atoms with Gasteiger partial charge in [-0.15, -0.1) is 0 Å². The minimum atomic E-state index is -3.43. The van der Waals surface area contributed by atoms with Gasteiger partial charge >= 0.3 is 0 Å². The van der Waals surface area contributed by atoms with Crippen LogP contribution >= 0.6 is 0 Å². The van der Waals surface area contributed by atoms with Gasteiger partial charge in [0.05, 0.1) is 11.0 Å². The highest BCUT2D eigenvalue weighted by atomic mass is 32.2. The molecular formula is C15H23NO3S. The lowest BCUT2D eigenvalue weighted by molar-refractivity contribution is 0.109. The summed E-state index contributed by atoms with van der Waals surface area (Å²) in [5.41, 5.74) is 1.83. The predicted molar refractivity (Wildman–Crippen MR) is 79.1 cm³/mol. The molecule has 0 aromatic heterocycles. The molecule has 0 amide bonds. The van der Waals surface area contributed by atoms with E-state index in [0.717, 1.165) is 36.8 Å². The largest absolute Gasteiger partial charge is 0.393 e. The van der Waals surface area contributed by atoms with Crippen LogP contribution in [0.15, 0.2) is 23.1 Å². The Morgan fingerprint density at radius 1 is 1.20 bits per heavy atom. The maximum Gasteiger partial charge on any atom is 0.240 e. The van der Waals surface area contributed by atoms with E-state index in [1.165, 1.54) is 0 Å². The number of hydrogen-bond donors (Lipinski definition) is 2. The van der Waals surface area contributed by atoms with Crippen molar-refractivity contribution >= 4 is 10.0 Å². The van der Waals surface area contributed by atoms with E-state index in [1.54, 1.807) is 6.07 Å². The fourth-order valence-electron chi connectivity index (χ4n) is 2.76. The van der Waals surface area contributed by atoms with Crippen LogP contribution in [0.2, 0.25) is 0 Å². The highest BCUT2D eigenvalue weighted by Gasteiger charge is 2.22.